The molecule has 0 radical (unpaired) electrons. The topological polar surface area (TPSA) is 97.4 Å². The lowest BCUT2D eigenvalue weighted by Crippen LogP contribution is -2.59. The number of carbonyl (C=O) groups excluding carboxylic acids is 3. The zero-order valence-corrected chi connectivity index (χ0v) is 23.2. The molecule has 3 aliphatic rings. The highest BCUT2D eigenvalue weighted by Crippen LogP contribution is 2.39. The van der Waals surface area contributed by atoms with Crippen LogP contribution in [0.2, 0.25) is 0 Å². The Hall–Kier alpha value is -4.37. The molecule has 6 rings (SSSR count). The van der Waals surface area contributed by atoms with Gasteiger partial charge in [0.15, 0.2) is 11.5 Å². The first kappa shape index (κ1) is 26.8. The first-order chi connectivity index (χ1) is 19.8. The van der Waals surface area contributed by atoms with Crippen molar-refractivity contribution in [2.45, 2.75) is 45.0 Å². The van der Waals surface area contributed by atoms with Crippen LogP contribution in [0.3, 0.4) is 0 Å². The van der Waals surface area contributed by atoms with Gasteiger partial charge in [0.2, 0.25) is 12.7 Å². The molecular formula is C32H33N3O6. The molecule has 1 unspecified atom stereocenters. The van der Waals surface area contributed by atoms with Gasteiger partial charge < -0.3 is 24.4 Å². The molecule has 1 N–H and O–H groups in total. The van der Waals surface area contributed by atoms with Gasteiger partial charge in [-0.3, -0.25) is 19.3 Å². The maximum absolute atomic E-state index is 14.0. The lowest BCUT2D eigenvalue weighted by Gasteiger charge is -2.44. The number of aryl methyl sites for hydroxylation is 2. The predicted molar refractivity (Wildman–Crippen MR) is 151 cm³/mol. The van der Waals surface area contributed by atoms with E-state index in [0.29, 0.717) is 48.6 Å². The Bertz CT molecular complexity index is 1480. The maximum atomic E-state index is 14.0. The number of nitrogens with zero attached hydrogens (tertiary/aromatic N) is 2. The minimum absolute atomic E-state index is 0.0367. The summed E-state index contributed by atoms with van der Waals surface area (Å²) in [6.45, 7) is 5.24. The van der Waals surface area contributed by atoms with Gasteiger partial charge in [0.05, 0.1) is 6.61 Å². The Kier molecular flexibility index (Phi) is 7.13. The van der Waals surface area contributed by atoms with Crippen LogP contribution in [0.5, 0.6) is 11.5 Å². The van der Waals surface area contributed by atoms with E-state index >= 15 is 0 Å². The van der Waals surface area contributed by atoms with Gasteiger partial charge in [-0.15, -0.1) is 0 Å². The molecule has 0 aromatic heterocycles. The molecule has 2 saturated heterocycles. The fraction of sp³-hybridized carbons (Fsp3) is 0.344. The normalized spacial score (nSPS) is 18.9. The fourth-order valence-electron chi connectivity index (χ4n) is 5.80. The summed E-state index contributed by atoms with van der Waals surface area (Å²) in [6.07, 6.45) is 0.822. The average Bonchev–Trinajstić information content (AvgIpc) is 3.61. The van der Waals surface area contributed by atoms with Gasteiger partial charge in [-0.2, -0.15) is 0 Å². The second-order valence-electron chi connectivity index (χ2n) is 10.8. The van der Waals surface area contributed by atoms with E-state index in [4.69, 9.17) is 14.2 Å². The Labute approximate surface area is 239 Å². The third-order valence-corrected chi connectivity index (χ3v) is 8.19. The summed E-state index contributed by atoms with van der Waals surface area (Å²) in [4.78, 5) is 44.3. The van der Waals surface area contributed by atoms with Crippen molar-refractivity contribution in [3.63, 3.8) is 0 Å². The Morgan fingerprint density at radius 1 is 0.902 bits per heavy atom. The molecule has 0 saturated carbocycles. The first-order valence-electron chi connectivity index (χ1n) is 13.9. The monoisotopic (exact) mass is 555 g/mol. The number of piperidine rings is 1. The molecule has 3 aromatic rings. The minimum atomic E-state index is -0.981. The van der Waals surface area contributed by atoms with Crippen molar-refractivity contribution in [1.29, 1.82) is 0 Å². The molecule has 0 aliphatic carbocycles. The molecular weight excluding hydrogens is 522 g/mol. The third-order valence-electron chi connectivity index (χ3n) is 8.19. The van der Waals surface area contributed by atoms with E-state index < -0.39 is 11.8 Å². The van der Waals surface area contributed by atoms with Crippen molar-refractivity contribution in [2.75, 3.05) is 26.5 Å². The van der Waals surface area contributed by atoms with Crippen LogP contribution in [0.15, 0.2) is 66.7 Å². The number of hydrogen-bond donors (Lipinski definition) is 1. The van der Waals surface area contributed by atoms with Crippen LogP contribution in [0, 0.1) is 13.8 Å². The van der Waals surface area contributed by atoms with Crippen LogP contribution >= 0.6 is 0 Å². The highest BCUT2D eigenvalue weighted by atomic mass is 16.7. The Morgan fingerprint density at radius 2 is 1.63 bits per heavy atom. The summed E-state index contributed by atoms with van der Waals surface area (Å²) in [5.41, 5.74) is 3.00. The van der Waals surface area contributed by atoms with Gasteiger partial charge in [-0.25, -0.2) is 0 Å². The van der Waals surface area contributed by atoms with Crippen molar-refractivity contribution in [3.8, 4) is 11.5 Å². The highest BCUT2D eigenvalue weighted by molar-refractivity contribution is 5.99. The van der Waals surface area contributed by atoms with E-state index in [2.05, 4.69) is 5.32 Å². The van der Waals surface area contributed by atoms with E-state index in [0.717, 1.165) is 16.7 Å². The fourth-order valence-corrected chi connectivity index (χ4v) is 5.80. The number of amides is 3. The van der Waals surface area contributed by atoms with Gasteiger partial charge >= 0.3 is 0 Å². The number of fused-ring (bicyclic) bond motifs is 1. The van der Waals surface area contributed by atoms with E-state index in [1.165, 1.54) is 0 Å². The number of likely N-dealkylation sites (tertiary alicyclic amines) is 1. The van der Waals surface area contributed by atoms with Crippen molar-refractivity contribution in [2.24, 2.45) is 0 Å². The second kappa shape index (κ2) is 10.9. The first-order valence-corrected chi connectivity index (χ1v) is 13.9. The van der Waals surface area contributed by atoms with E-state index in [-0.39, 0.29) is 37.7 Å². The van der Waals surface area contributed by atoms with Crippen molar-refractivity contribution >= 4 is 17.7 Å². The van der Waals surface area contributed by atoms with Gasteiger partial charge in [-0.1, -0.05) is 42.0 Å². The third kappa shape index (κ3) is 5.13. The van der Waals surface area contributed by atoms with Crippen LogP contribution in [0.1, 0.15) is 50.2 Å². The number of carbonyl (C=O) groups is 3. The lowest BCUT2D eigenvalue weighted by molar-refractivity contribution is -0.128. The molecule has 3 aromatic carbocycles. The predicted octanol–water partition coefficient (Wildman–Crippen LogP) is 3.82. The van der Waals surface area contributed by atoms with Crippen molar-refractivity contribution in [1.82, 2.24) is 15.1 Å². The summed E-state index contributed by atoms with van der Waals surface area (Å²) >= 11 is 0. The van der Waals surface area contributed by atoms with Crippen LogP contribution in [-0.2, 0) is 16.1 Å². The summed E-state index contributed by atoms with van der Waals surface area (Å²) in [5.74, 6) is 0.726. The van der Waals surface area contributed by atoms with E-state index in [1.54, 1.807) is 21.9 Å². The van der Waals surface area contributed by atoms with Gasteiger partial charge in [0.1, 0.15) is 11.8 Å². The molecule has 1 spiro atoms. The van der Waals surface area contributed by atoms with E-state index in [1.807, 2.05) is 68.4 Å². The zero-order chi connectivity index (χ0) is 28.6. The zero-order valence-electron chi connectivity index (χ0n) is 23.2. The number of nitrogens with one attached hydrogen (secondary N) is 1. The summed E-state index contributed by atoms with van der Waals surface area (Å²) in [6, 6.07) is 19.6. The molecule has 9 nitrogen and oxygen atoms in total. The number of ether oxygens (including phenoxy) is 3. The highest BCUT2D eigenvalue weighted by Gasteiger charge is 2.54. The molecule has 0 bridgehead atoms. The Balaban J connectivity index is 1.21. The molecule has 1 atom stereocenters. The lowest BCUT2D eigenvalue weighted by atomic mass is 9.95. The van der Waals surface area contributed by atoms with Gasteiger partial charge in [0.25, 0.3) is 11.8 Å². The maximum Gasteiger partial charge on any atom is 0.256 e. The van der Waals surface area contributed by atoms with Crippen molar-refractivity contribution in [3.05, 3.63) is 94.5 Å². The number of benzene rings is 3. The summed E-state index contributed by atoms with van der Waals surface area (Å²) in [7, 11) is 0. The van der Waals surface area contributed by atoms with Crippen LogP contribution < -0.4 is 14.8 Å². The van der Waals surface area contributed by atoms with Crippen LogP contribution in [-0.4, -0.2) is 65.8 Å². The largest absolute Gasteiger partial charge is 0.454 e. The molecule has 3 amide bonds. The van der Waals surface area contributed by atoms with Crippen LogP contribution in [0.25, 0.3) is 0 Å². The second-order valence-corrected chi connectivity index (χ2v) is 10.8. The average molecular weight is 556 g/mol. The van der Waals surface area contributed by atoms with Crippen molar-refractivity contribution < 1.29 is 28.6 Å². The molecule has 212 valence electrons. The Morgan fingerprint density at radius 3 is 2.39 bits per heavy atom. The molecule has 3 heterocycles. The smallest absolute Gasteiger partial charge is 0.256 e. The SMILES string of the molecule is Cc1ccc(C(=O)N2C(C(=O)NCc3ccc4c(c3)OCO4)COC23CCN(C(=O)c2ccccc2C)CC3)cc1. The molecule has 41 heavy (non-hydrogen) atoms. The summed E-state index contributed by atoms with van der Waals surface area (Å²) < 4.78 is 17.2. The number of hydrogen-bond acceptors (Lipinski definition) is 6. The van der Waals surface area contributed by atoms with E-state index in [9.17, 15) is 14.4 Å². The summed E-state index contributed by atoms with van der Waals surface area (Å²) in [5, 5.41) is 2.98. The minimum Gasteiger partial charge on any atom is -0.454 e. The van der Waals surface area contributed by atoms with Gasteiger partial charge in [-0.05, 0) is 55.3 Å². The molecule has 2 fully saturated rings. The quantitative estimate of drug-likeness (QED) is 0.514. The van der Waals surface area contributed by atoms with Crippen LogP contribution in [0.4, 0.5) is 0 Å². The molecule has 9 heteroatoms. The number of rotatable bonds is 5. The standard InChI is InChI=1S/C32H33N3O6/c1-21-7-10-24(11-8-21)30(37)35-26(29(36)33-18-23-9-12-27-28(17-23)40-20-39-27)19-41-32(35)13-15-34(16-14-32)31(38)25-6-4-3-5-22(25)2/h3-12,17,26H,13-16,18-20H2,1-2H3,(H,33,36). The van der Waals surface area contributed by atoms with Gasteiger partial charge in [0, 0.05) is 43.6 Å². The molecule has 3 aliphatic heterocycles.